The number of aliphatic hydroxyl groups excluding tert-OH is 1. The van der Waals surface area contributed by atoms with Gasteiger partial charge in [0.05, 0.1) is 12.2 Å². The van der Waals surface area contributed by atoms with Gasteiger partial charge in [0.1, 0.15) is 18.7 Å². The summed E-state index contributed by atoms with van der Waals surface area (Å²) in [7, 11) is 0. The molecule has 20 heteroatoms. The Bertz CT molecular complexity index is 2420. The minimum absolute atomic E-state index is 0.0207. The summed E-state index contributed by atoms with van der Waals surface area (Å²) in [5.74, 6) is -3.33. The van der Waals surface area contributed by atoms with Crippen LogP contribution in [0.2, 0.25) is 0 Å². The van der Waals surface area contributed by atoms with E-state index < -0.39 is 83.4 Å². The number of amides is 7. The average Bonchev–Trinajstić information content (AvgIpc) is 3.97. The number of aliphatic hydroxyl groups is 1. The summed E-state index contributed by atoms with van der Waals surface area (Å²) in [4.78, 5) is 116. The van der Waals surface area contributed by atoms with Crippen LogP contribution in [0.4, 0.5) is 15.3 Å². The highest BCUT2D eigenvalue weighted by Crippen LogP contribution is 2.69. The van der Waals surface area contributed by atoms with Gasteiger partial charge in [-0.2, -0.15) is 0 Å². The molecule has 7 rings (SSSR count). The lowest BCUT2D eigenvalue weighted by Gasteiger charge is -2.59. The number of nitrogens with zero attached hydrogens (tertiary/aromatic N) is 1. The number of urea groups is 1. The van der Waals surface area contributed by atoms with Crippen molar-refractivity contribution in [3.63, 3.8) is 0 Å². The molecule has 0 bridgehead atoms. The molecule has 1 saturated heterocycles. The molecule has 0 aromatic heterocycles. The molecule has 20 nitrogen and oxygen atoms in total. The Balaban J connectivity index is 0.914. The summed E-state index contributed by atoms with van der Waals surface area (Å²) in [6.07, 6.45) is 10.1. The van der Waals surface area contributed by atoms with Gasteiger partial charge in [-0.15, -0.1) is 0 Å². The van der Waals surface area contributed by atoms with Crippen LogP contribution in [-0.4, -0.2) is 119 Å². The Kier molecular flexibility index (Phi) is 17.6. The van der Waals surface area contributed by atoms with E-state index in [2.05, 4.69) is 28.2 Å². The quantitative estimate of drug-likeness (QED) is 0.0498. The summed E-state index contributed by atoms with van der Waals surface area (Å²) < 4.78 is 24.0. The van der Waals surface area contributed by atoms with E-state index in [-0.39, 0.29) is 92.6 Å². The van der Waals surface area contributed by atoms with Crippen molar-refractivity contribution < 1.29 is 67.2 Å². The Morgan fingerprint density at radius 1 is 0.932 bits per heavy atom. The molecule has 402 valence electrons. The van der Waals surface area contributed by atoms with Gasteiger partial charge in [0, 0.05) is 54.1 Å². The van der Waals surface area contributed by atoms with Crippen molar-refractivity contribution >= 4 is 59.0 Å². The molecular weight excluding hydrogens is 957 g/mol. The standard InChI is InChI=1S/C54H72N6O14/c1-6-11-45-73-41-27-37-36-19-16-33-26-35(61)22-23-52(33,4)46(36)39(62)28-53(37,5)54(41,74-45)40(63)30-72-51(70)71-29-32-14-17-34(18-15-32)57-48(67)38(12-10-24-56-50(55)69)58-49(68)47(31(2)3)59-42(64)13-8-7-9-25-60-43(65)20-21-44(60)66/h14-15,17-18,20-23,26,31,36-39,41,45-47,62H,6-13,16,19,24-25,27-30H2,1-5H3,(H,57,67)(H,58,68)(H,59,64)(H3,55,56,69)/t36-,37-,38-,39-,41+,45?,46+,47?,52-,53-,54+/m0/s1. The SMILES string of the molecule is CCCC1O[C@@H]2C[C@H]3[C@@H]4CCC5=CC(=O)C=C[C@]5(C)[C@H]4[C@@H](O)C[C@]3(C)[C@]2(C(=O)COC(=O)OCc2ccc(NC(=O)[C@H](CCCNC(N)=O)NC(=O)C(NC(=O)CCCCCN3C(=O)C=CC3=O)C(C)C)cc2)O1. The molecular formula is C54H72N6O14. The minimum Gasteiger partial charge on any atom is -0.429 e. The van der Waals surface area contributed by atoms with Crippen LogP contribution in [0, 0.1) is 34.5 Å². The number of ether oxygens (including phenoxy) is 4. The van der Waals surface area contributed by atoms with Crippen molar-refractivity contribution in [1.82, 2.24) is 20.9 Å². The average molecular weight is 1030 g/mol. The number of rotatable bonds is 23. The van der Waals surface area contributed by atoms with Crippen LogP contribution in [0.3, 0.4) is 0 Å². The summed E-state index contributed by atoms with van der Waals surface area (Å²) in [6.45, 7) is 9.09. The lowest BCUT2D eigenvalue weighted by molar-refractivity contribution is -0.200. The first-order chi connectivity index (χ1) is 35.2. The fourth-order valence-corrected chi connectivity index (χ4v) is 12.5. The molecule has 7 amide bonds. The third-order valence-electron chi connectivity index (χ3n) is 16.2. The molecule has 6 aliphatic rings. The van der Waals surface area contributed by atoms with E-state index in [1.165, 1.54) is 12.2 Å². The smallest absolute Gasteiger partial charge is 0.429 e. The molecule has 0 spiro atoms. The van der Waals surface area contributed by atoms with Crippen LogP contribution in [0.1, 0.15) is 117 Å². The number of primary amides is 1. The van der Waals surface area contributed by atoms with E-state index in [0.29, 0.717) is 49.8 Å². The number of nitrogens with one attached hydrogen (secondary N) is 4. The van der Waals surface area contributed by atoms with E-state index in [1.807, 2.05) is 19.9 Å². The number of Topliss-reactive ketones (excluding diaryl/α,β-unsaturated/α-hetero) is 1. The fourth-order valence-electron chi connectivity index (χ4n) is 12.5. The van der Waals surface area contributed by atoms with E-state index in [9.17, 15) is 48.3 Å². The molecule has 1 aromatic rings. The van der Waals surface area contributed by atoms with Crippen LogP contribution in [-0.2, 0) is 59.1 Å². The highest BCUT2D eigenvalue weighted by atomic mass is 16.8. The molecule has 4 fully saturated rings. The third kappa shape index (κ3) is 11.8. The summed E-state index contributed by atoms with van der Waals surface area (Å²) in [6, 6.07) is 3.56. The first kappa shape index (κ1) is 55.5. The van der Waals surface area contributed by atoms with E-state index >= 15 is 0 Å². The first-order valence-electron chi connectivity index (χ1n) is 26.1. The molecule has 2 aliphatic heterocycles. The molecule has 1 aromatic carbocycles. The molecule has 0 radical (unpaired) electrons. The predicted molar refractivity (Wildman–Crippen MR) is 267 cm³/mol. The maximum Gasteiger partial charge on any atom is 0.509 e. The Morgan fingerprint density at radius 2 is 1.66 bits per heavy atom. The number of hydrogen-bond acceptors (Lipinski definition) is 14. The monoisotopic (exact) mass is 1030 g/mol. The normalized spacial score (nSPS) is 29.3. The number of imide groups is 1. The Labute approximate surface area is 431 Å². The van der Waals surface area contributed by atoms with Crippen molar-refractivity contribution in [2.24, 2.45) is 40.2 Å². The zero-order valence-electron chi connectivity index (χ0n) is 43.0. The molecule has 74 heavy (non-hydrogen) atoms. The molecule has 4 aliphatic carbocycles. The van der Waals surface area contributed by atoms with Gasteiger partial charge in [-0.25, -0.2) is 9.59 Å². The van der Waals surface area contributed by atoms with Crippen molar-refractivity contribution in [3.05, 3.63) is 65.8 Å². The van der Waals surface area contributed by atoms with E-state index in [0.717, 1.165) is 23.3 Å². The number of anilines is 1. The van der Waals surface area contributed by atoms with Gasteiger partial charge in [-0.1, -0.05) is 71.2 Å². The largest absolute Gasteiger partial charge is 0.509 e. The van der Waals surface area contributed by atoms with Crippen LogP contribution >= 0.6 is 0 Å². The van der Waals surface area contributed by atoms with Gasteiger partial charge in [0.15, 0.2) is 24.3 Å². The zero-order chi connectivity index (χ0) is 53.5. The molecule has 2 unspecified atom stereocenters. The van der Waals surface area contributed by atoms with Gasteiger partial charge < -0.3 is 51.1 Å². The highest BCUT2D eigenvalue weighted by molar-refractivity contribution is 6.12. The van der Waals surface area contributed by atoms with Gasteiger partial charge in [0.2, 0.25) is 23.5 Å². The minimum atomic E-state index is -1.48. The first-order valence-corrected chi connectivity index (χ1v) is 26.1. The molecule has 11 atom stereocenters. The van der Waals surface area contributed by atoms with Crippen molar-refractivity contribution in [3.8, 4) is 0 Å². The number of ketones is 2. The number of nitrogens with two attached hydrogens (primary N) is 1. The van der Waals surface area contributed by atoms with E-state index in [4.69, 9.17) is 24.7 Å². The third-order valence-corrected chi connectivity index (χ3v) is 16.2. The molecule has 2 heterocycles. The molecule has 3 saturated carbocycles. The van der Waals surface area contributed by atoms with Crippen LogP contribution in [0.25, 0.3) is 0 Å². The lowest BCUT2D eigenvalue weighted by atomic mass is 9.46. The molecule has 7 N–H and O–H groups in total. The number of carbonyl (C=O) groups is 9. The van der Waals surface area contributed by atoms with Crippen LogP contribution in [0.15, 0.2) is 60.2 Å². The number of allylic oxidation sites excluding steroid dienone is 4. The van der Waals surface area contributed by atoms with Crippen LogP contribution < -0.4 is 27.0 Å². The lowest BCUT2D eigenvalue weighted by Crippen LogP contribution is -2.63. The van der Waals surface area contributed by atoms with Crippen molar-refractivity contribution in [2.75, 3.05) is 25.0 Å². The number of benzene rings is 1. The Morgan fingerprint density at radius 3 is 2.35 bits per heavy atom. The van der Waals surface area contributed by atoms with Gasteiger partial charge in [-0.3, -0.25) is 38.5 Å². The fraction of sp³-hybridized carbons (Fsp3) is 0.611. The van der Waals surface area contributed by atoms with Gasteiger partial charge >= 0.3 is 12.2 Å². The number of carbonyl (C=O) groups excluding carboxylic acids is 9. The number of hydrogen-bond donors (Lipinski definition) is 6. The highest BCUT2D eigenvalue weighted by Gasteiger charge is 2.76. The second-order valence-electron chi connectivity index (χ2n) is 21.3. The zero-order valence-corrected chi connectivity index (χ0v) is 43.0. The summed E-state index contributed by atoms with van der Waals surface area (Å²) in [5, 5.41) is 22.8. The van der Waals surface area contributed by atoms with Crippen LogP contribution in [0.5, 0.6) is 0 Å². The maximum absolute atomic E-state index is 14.6. The van der Waals surface area contributed by atoms with Crippen molar-refractivity contribution in [2.45, 2.75) is 154 Å². The summed E-state index contributed by atoms with van der Waals surface area (Å²) in [5.41, 5.74) is 4.29. The topological polar surface area (TPSA) is 288 Å². The second kappa shape index (κ2) is 23.5. The van der Waals surface area contributed by atoms with Gasteiger partial charge in [0.25, 0.3) is 11.8 Å². The Hall–Kier alpha value is -6.25. The van der Waals surface area contributed by atoms with Gasteiger partial charge in [-0.05, 0) is 105 Å². The van der Waals surface area contributed by atoms with Crippen molar-refractivity contribution in [1.29, 1.82) is 0 Å². The predicted octanol–water partition coefficient (Wildman–Crippen LogP) is 4.58. The number of unbranched alkanes of at least 4 members (excludes halogenated alkanes) is 2. The number of fused-ring (bicyclic) bond motifs is 7. The summed E-state index contributed by atoms with van der Waals surface area (Å²) >= 11 is 0. The second-order valence-corrected chi connectivity index (χ2v) is 21.3. The van der Waals surface area contributed by atoms with E-state index in [1.54, 1.807) is 50.3 Å². The maximum atomic E-state index is 14.6.